The fourth-order valence-corrected chi connectivity index (χ4v) is 5.39. The highest BCUT2D eigenvalue weighted by atomic mass is 35.5. The monoisotopic (exact) mass is 405 g/mol. The third kappa shape index (κ3) is 3.82. The molecule has 0 spiro atoms. The molecular formula is C20H20ClNO2S2. The van der Waals surface area contributed by atoms with Gasteiger partial charge in [-0.2, -0.15) is 0 Å². The van der Waals surface area contributed by atoms with E-state index in [1.165, 1.54) is 15.3 Å². The molecular weight excluding hydrogens is 386 g/mol. The predicted molar refractivity (Wildman–Crippen MR) is 109 cm³/mol. The van der Waals surface area contributed by atoms with Crippen molar-refractivity contribution in [1.82, 2.24) is 4.90 Å². The maximum absolute atomic E-state index is 10.6. The molecule has 0 fully saturated rings. The van der Waals surface area contributed by atoms with Gasteiger partial charge in [0.2, 0.25) is 0 Å². The van der Waals surface area contributed by atoms with Gasteiger partial charge in [0.05, 0.1) is 11.1 Å². The predicted octanol–water partition coefficient (Wildman–Crippen LogP) is 4.85. The lowest BCUT2D eigenvalue weighted by Crippen LogP contribution is -2.41. The van der Waals surface area contributed by atoms with Crippen molar-refractivity contribution < 1.29 is 9.84 Å². The summed E-state index contributed by atoms with van der Waals surface area (Å²) in [6.07, 6.45) is 0.460. The summed E-state index contributed by atoms with van der Waals surface area (Å²) in [5.74, 6) is 0.613. The Labute approximate surface area is 166 Å². The molecule has 2 unspecified atom stereocenters. The quantitative estimate of drug-likeness (QED) is 0.636. The smallest absolute Gasteiger partial charge is 0.138 e. The van der Waals surface area contributed by atoms with E-state index in [9.17, 15) is 5.11 Å². The zero-order chi connectivity index (χ0) is 17.9. The molecule has 1 N–H and O–H groups in total. The van der Waals surface area contributed by atoms with E-state index in [1.807, 2.05) is 29.5 Å². The van der Waals surface area contributed by atoms with Gasteiger partial charge in [-0.1, -0.05) is 29.8 Å². The third-order valence-corrected chi connectivity index (χ3v) is 6.82. The van der Waals surface area contributed by atoms with Gasteiger partial charge in [0.15, 0.2) is 0 Å². The Morgan fingerprint density at radius 3 is 2.85 bits per heavy atom. The number of halogens is 1. The van der Waals surface area contributed by atoms with E-state index in [0.29, 0.717) is 17.3 Å². The Morgan fingerprint density at radius 1 is 1.15 bits per heavy atom. The molecule has 1 aromatic carbocycles. The fraction of sp³-hybridized carbons (Fsp3) is 0.300. The SMILES string of the molecule is OC(COc1ccccc1Cl)CN1CCc2sccc2C1c1cccs1. The van der Waals surface area contributed by atoms with Gasteiger partial charge >= 0.3 is 0 Å². The summed E-state index contributed by atoms with van der Waals surface area (Å²) < 4.78 is 5.72. The normalized spacial score (nSPS) is 18.5. The van der Waals surface area contributed by atoms with Crippen molar-refractivity contribution in [2.75, 3.05) is 19.7 Å². The van der Waals surface area contributed by atoms with E-state index in [4.69, 9.17) is 16.3 Å². The van der Waals surface area contributed by atoms with Crippen molar-refractivity contribution in [2.24, 2.45) is 0 Å². The average Bonchev–Trinajstić information content (AvgIpc) is 3.32. The molecule has 136 valence electrons. The summed E-state index contributed by atoms with van der Waals surface area (Å²) in [5.41, 5.74) is 1.38. The van der Waals surface area contributed by atoms with Gasteiger partial charge in [0.25, 0.3) is 0 Å². The molecule has 0 bridgehead atoms. The first-order valence-electron chi connectivity index (χ1n) is 8.61. The van der Waals surface area contributed by atoms with Crippen LogP contribution in [0.5, 0.6) is 5.75 Å². The summed E-state index contributed by atoms with van der Waals surface area (Å²) in [5, 5.41) is 15.4. The first-order chi connectivity index (χ1) is 12.7. The number of β-amino-alcohol motifs (C(OH)–C–C–N with tert-alkyl or cyclic N) is 1. The summed E-state index contributed by atoms with van der Waals surface area (Å²) in [6, 6.07) is 14.1. The molecule has 26 heavy (non-hydrogen) atoms. The number of hydrogen-bond acceptors (Lipinski definition) is 5. The molecule has 3 nitrogen and oxygen atoms in total. The molecule has 2 atom stereocenters. The van der Waals surface area contributed by atoms with Gasteiger partial charge in [-0.25, -0.2) is 0 Å². The lowest BCUT2D eigenvalue weighted by Gasteiger charge is -2.36. The Hall–Kier alpha value is -1.37. The number of hydrogen-bond donors (Lipinski definition) is 1. The molecule has 0 saturated carbocycles. The summed E-state index contributed by atoms with van der Waals surface area (Å²) >= 11 is 9.72. The lowest BCUT2D eigenvalue weighted by molar-refractivity contribution is 0.0563. The average molecular weight is 406 g/mol. The van der Waals surface area contributed by atoms with Crippen molar-refractivity contribution >= 4 is 34.3 Å². The molecule has 0 radical (unpaired) electrons. The van der Waals surface area contributed by atoms with Gasteiger partial charge in [-0.15, -0.1) is 22.7 Å². The number of nitrogens with zero attached hydrogens (tertiary/aromatic N) is 1. The molecule has 0 saturated heterocycles. The van der Waals surface area contributed by atoms with Crippen LogP contribution in [0, 0.1) is 0 Å². The van der Waals surface area contributed by atoms with Crippen LogP contribution in [-0.4, -0.2) is 35.8 Å². The second-order valence-corrected chi connectivity index (χ2v) is 8.74. The second-order valence-electron chi connectivity index (χ2n) is 6.36. The maximum atomic E-state index is 10.6. The number of aliphatic hydroxyl groups excluding tert-OH is 1. The molecule has 3 aromatic rings. The van der Waals surface area contributed by atoms with Crippen LogP contribution in [0.2, 0.25) is 5.02 Å². The third-order valence-electron chi connectivity index (χ3n) is 4.59. The highest BCUT2D eigenvalue weighted by Gasteiger charge is 2.31. The molecule has 1 aliphatic heterocycles. The van der Waals surface area contributed by atoms with Crippen molar-refractivity contribution in [3.8, 4) is 5.75 Å². The first-order valence-corrected chi connectivity index (χ1v) is 10.7. The summed E-state index contributed by atoms with van der Waals surface area (Å²) in [6.45, 7) is 1.75. The molecule has 4 rings (SSSR count). The highest BCUT2D eigenvalue weighted by Crippen LogP contribution is 2.39. The zero-order valence-electron chi connectivity index (χ0n) is 14.2. The molecule has 6 heteroatoms. The van der Waals surface area contributed by atoms with Gasteiger partial charge in [-0.3, -0.25) is 4.90 Å². The van der Waals surface area contributed by atoms with E-state index in [2.05, 4.69) is 33.9 Å². The van der Waals surface area contributed by atoms with Crippen LogP contribution in [0.15, 0.2) is 53.2 Å². The van der Waals surface area contributed by atoms with Crippen LogP contribution >= 0.6 is 34.3 Å². The number of thiophene rings is 2. The van der Waals surface area contributed by atoms with Crippen LogP contribution in [-0.2, 0) is 6.42 Å². The minimum Gasteiger partial charge on any atom is -0.489 e. The van der Waals surface area contributed by atoms with E-state index >= 15 is 0 Å². The number of benzene rings is 1. The van der Waals surface area contributed by atoms with Crippen LogP contribution in [0.3, 0.4) is 0 Å². The molecule has 0 aliphatic carbocycles. The summed E-state index contributed by atoms with van der Waals surface area (Å²) in [4.78, 5) is 5.15. The summed E-state index contributed by atoms with van der Waals surface area (Å²) in [7, 11) is 0. The highest BCUT2D eigenvalue weighted by molar-refractivity contribution is 7.10. The van der Waals surface area contributed by atoms with Gasteiger partial charge < -0.3 is 9.84 Å². The van der Waals surface area contributed by atoms with Crippen LogP contribution < -0.4 is 4.74 Å². The van der Waals surface area contributed by atoms with E-state index in [0.717, 1.165) is 13.0 Å². The molecule has 0 amide bonds. The zero-order valence-corrected chi connectivity index (χ0v) is 16.6. The first kappa shape index (κ1) is 18.0. The minimum absolute atomic E-state index is 0.222. The number of aliphatic hydroxyl groups is 1. The van der Waals surface area contributed by atoms with Crippen molar-refractivity contribution in [1.29, 1.82) is 0 Å². The number of ether oxygens (including phenoxy) is 1. The second kappa shape index (κ2) is 8.11. The van der Waals surface area contributed by atoms with Gasteiger partial charge in [0, 0.05) is 22.8 Å². The molecule has 3 heterocycles. The minimum atomic E-state index is -0.575. The Morgan fingerprint density at radius 2 is 2.04 bits per heavy atom. The topological polar surface area (TPSA) is 32.7 Å². The lowest BCUT2D eigenvalue weighted by atomic mass is 9.98. The molecule has 2 aromatic heterocycles. The van der Waals surface area contributed by atoms with Crippen LogP contribution in [0.4, 0.5) is 0 Å². The Bertz CT molecular complexity index is 849. The maximum Gasteiger partial charge on any atom is 0.138 e. The largest absolute Gasteiger partial charge is 0.489 e. The Balaban J connectivity index is 1.45. The standard InChI is InChI=1S/C20H20ClNO2S2/c21-16-4-1-2-5-17(16)24-13-14(23)12-22-9-7-18-15(8-11-26-18)20(22)19-6-3-10-25-19/h1-6,8,10-11,14,20,23H,7,9,12-13H2. The van der Waals surface area contributed by atoms with Crippen LogP contribution in [0.25, 0.3) is 0 Å². The fourth-order valence-electron chi connectivity index (χ4n) is 3.42. The van der Waals surface area contributed by atoms with E-state index in [-0.39, 0.29) is 12.6 Å². The molecule has 1 aliphatic rings. The van der Waals surface area contributed by atoms with Crippen molar-refractivity contribution in [3.05, 3.63) is 73.6 Å². The van der Waals surface area contributed by atoms with Crippen molar-refractivity contribution in [2.45, 2.75) is 18.6 Å². The van der Waals surface area contributed by atoms with Crippen molar-refractivity contribution in [3.63, 3.8) is 0 Å². The number of fused-ring (bicyclic) bond motifs is 1. The Kier molecular flexibility index (Phi) is 5.62. The van der Waals surface area contributed by atoms with E-state index in [1.54, 1.807) is 17.4 Å². The van der Waals surface area contributed by atoms with Gasteiger partial charge in [0.1, 0.15) is 18.5 Å². The number of para-hydroxylation sites is 1. The van der Waals surface area contributed by atoms with Crippen LogP contribution in [0.1, 0.15) is 21.4 Å². The van der Waals surface area contributed by atoms with E-state index < -0.39 is 6.10 Å². The number of rotatable bonds is 6. The van der Waals surface area contributed by atoms with Gasteiger partial charge in [-0.05, 0) is 47.0 Å².